The molecule has 4 heteroatoms. The topological polar surface area (TPSA) is 89.3 Å². The number of benzene rings is 1. The highest BCUT2D eigenvalue weighted by Crippen LogP contribution is 2.24. The standard InChI is InChI=1S/C21H36N2O2/c1-2-3-4-5-6-7-8-9-10-11-12-17-13-14-19(21(24)25)20(23)18(17)15-16-22/h13-14H,2-12,15-16,22-23H2,1H3,(H,24,25). The summed E-state index contributed by atoms with van der Waals surface area (Å²) >= 11 is 0. The molecule has 0 heterocycles. The molecule has 4 nitrogen and oxygen atoms in total. The first-order chi connectivity index (χ1) is 12.1. The molecule has 0 fully saturated rings. The lowest BCUT2D eigenvalue weighted by Crippen LogP contribution is -2.12. The summed E-state index contributed by atoms with van der Waals surface area (Å²) in [6, 6.07) is 3.54. The Morgan fingerprint density at radius 1 is 0.920 bits per heavy atom. The van der Waals surface area contributed by atoms with Crippen LogP contribution >= 0.6 is 0 Å². The van der Waals surface area contributed by atoms with E-state index in [-0.39, 0.29) is 5.56 Å². The van der Waals surface area contributed by atoms with Gasteiger partial charge in [0.15, 0.2) is 0 Å². The van der Waals surface area contributed by atoms with Crippen LogP contribution in [0.15, 0.2) is 12.1 Å². The highest BCUT2D eigenvalue weighted by atomic mass is 16.4. The molecule has 5 N–H and O–H groups in total. The summed E-state index contributed by atoms with van der Waals surface area (Å²) in [5.41, 5.74) is 14.4. The number of nitrogen functional groups attached to an aromatic ring is 1. The Balaban J connectivity index is 2.34. The molecule has 25 heavy (non-hydrogen) atoms. The maximum atomic E-state index is 11.2. The maximum absolute atomic E-state index is 11.2. The molecule has 0 unspecified atom stereocenters. The van der Waals surface area contributed by atoms with Crippen molar-refractivity contribution in [2.24, 2.45) is 5.73 Å². The largest absolute Gasteiger partial charge is 0.478 e. The van der Waals surface area contributed by atoms with Gasteiger partial charge in [0.1, 0.15) is 0 Å². The maximum Gasteiger partial charge on any atom is 0.337 e. The third-order valence-corrected chi connectivity index (χ3v) is 4.88. The van der Waals surface area contributed by atoms with E-state index >= 15 is 0 Å². The second-order valence-electron chi connectivity index (χ2n) is 6.94. The van der Waals surface area contributed by atoms with E-state index in [9.17, 15) is 9.90 Å². The fourth-order valence-corrected chi connectivity index (χ4v) is 3.37. The number of carboxylic acid groups (broad SMARTS) is 1. The average Bonchev–Trinajstić information content (AvgIpc) is 2.59. The monoisotopic (exact) mass is 348 g/mol. The fourth-order valence-electron chi connectivity index (χ4n) is 3.37. The minimum absolute atomic E-state index is 0.190. The van der Waals surface area contributed by atoms with Gasteiger partial charge in [0, 0.05) is 5.69 Å². The normalized spacial score (nSPS) is 11.0. The third kappa shape index (κ3) is 7.91. The molecule has 0 saturated carbocycles. The van der Waals surface area contributed by atoms with E-state index in [0.29, 0.717) is 18.7 Å². The molecule has 0 amide bonds. The van der Waals surface area contributed by atoms with Gasteiger partial charge in [0.2, 0.25) is 0 Å². The van der Waals surface area contributed by atoms with Crippen molar-refractivity contribution in [2.45, 2.75) is 84.0 Å². The Morgan fingerprint density at radius 2 is 1.48 bits per heavy atom. The van der Waals surface area contributed by atoms with Crippen molar-refractivity contribution in [1.82, 2.24) is 0 Å². The van der Waals surface area contributed by atoms with Gasteiger partial charge in [-0.25, -0.2) is 4.79 Å². The number of hydrogen-bond acceptors (Lipinski definition) is 3. The van der Waals surface area contributed by atoms with Crippen molar-refractivity contribution in [2.75, 3.05) is 12.3 Å². The molecule has 1 aromatic carbocycles. The van der Waals surface area contributed by atoms with Crippen LogP contribution in [0.3, 0.4) is 0 Å². The van der Waals surface area contributed by atoms with Crippen LogP contribution in [0.4, 0.5) is 5.69 Å². The van der Waals surface area contributed by atoms with E-state index in [0.717, 1.165) is 24.0 Å². The number of rotatable bonds is 14. The summed E-state index contributed by atoms with van der Waals surface area (Å²) in [5.74, 6) is -0.971. The number of aromatic carboxylic acids is 1. The Morgan fingerprint density at radius 3 is 2.00 bits per heavy atom. The Hall–Kier alpha value is -1.55. The Labute approximate surface area is 153 Å². The van der Waals surface area contributed by atoms with Gasteiger partial charge in [0.25, 0.3) is 0 Å². The zero-order chi connectivity index (χ0) is 18.5. The lowest BCUT2D eigenvalue weighted by molar-refractivity contribution is 0.0698. The van der Waals surface area contributed by atoms with E-state index in [1.165, 1.54) is 57.8 Å². The molecular formula is C21H36N2O2. The summed E-state index contributed by atoms with van der Waals surface area (Å²) in [6.07, 6.45) is 14.7. The number of hydrogen-bond donors (Lipinski definition) is 3. The Bertz CT molecular complexity index is 515. The average molecular weight is 349 g/mol. The molecule has 0 saturated heterocycles. The third-order valence-electron chi connectivity index (χ3n) is 4.88. The Kier molecular flexibility index (Phi) is 11.0. The molecule has 0 aliphatic heterocycles. The summed E-state index contributed by atoms with van der Waals surface area (Å²) < 4.78 is 0. The molecular weight excluding hydrogens is 312 g/mol. The smallest absolute Gasteiger partial charge is 0.337 e. The lowest BCUT2D eigenvalue weighted by atomic mass is 9.94. The SMILES string of the molecule is CCCCCCCCCCCCc1ccc(C(=O)O)c(N)c1CCN. The second kappa shape index (κ2) is 12.8. The minimum atomic E-state index is -0.971. The quantitative estimate of drug-likeness (QED) is 0.328. The fraction of sp³-hybridized carbons (Fsp3) is 0.667. The van der Waals surface area contributed by atoms with E-state index in [1.54, 1.807) is 6.07 Å². The van der Waals surface area contributed by atoms with Gasteiger partial charge in [-0.05, 0) is 43.0 Å². The second-order valence-corrected chi connectivity index (χ2v) is 6.94. The van der Waals surface area contributed by atoms with Gasteiger partial charge in [-0.15, -0.1) is 0 Å². The van der Waals surface area contributed by atoms with Gasteiger partial charge in [-0.2, -0.15) is 0 Å². The molecule has 0 bridgehead atoms. The molecule has 0 aliphatic rings. The van der Waals surface area contributed by atoms with Crippen LogP contribution in [0, 0.1) is 0 Å². The number of carboxylic acids is 1. The predicted octanol–water partition coefficient (Wildman–Crippen LogP) is 4.93. The first-order valence-electron chi connectivity index (χ1n) is 9.95. The summed E-state index contributed by atoms with van der Waals surface area (Å²) in [5, 5.41) is 9.20. The molecule has 0 radical (unpaired) electrons. The van der Waals surface area contributed by atoms with Gasteiger partial charge >= 0.3 is 5.97 Å². The number of nitrogens with two attached hydrogens (primary N) is 2. The summed E-state index contributed by atoms with van der Waals surface area (Å²) in [4.78, 5) is 11.2. The van der Waals surface area contributed by atoms with Gasteiger partial charge < -0.3 is 16.6 Å². The van der Waals surface area contributed by atoms with Crippen LogP contribution in [0.1, 0.15) is 92.6 Å². The van der Waals surface area contributed by atoms with Gasteiger partial charge in [-0.1, -0.05) is 70.8 Å². The van der Waals surface area contributed by atoms with Crippen molar-refractivity contribution in [1.29, 1.82) is 0 Å². The zero-order valence-corrected chi connectivity index (χ0v) is 15.9. The number of carbonyl (C=O) groups is 1. The van der Waals surface area contributed by atoms with Crippen LogP contribution in [0.2, 0.25) is 0 Å². The molecule has 1 aromatic rings. The minimum Gasteiger partial charge on any atom is -0.478 e. The van der Waals surface area contributed by atoms with Crippen LogP contribution in [0.5, 0.6) is 0 Å². The van der Waals surface area contributed by atoms with Crippen molar-refractivity contribution >= 4 is 11.7 Å². The van der Waals surface area contributed by atoms with E-state index in [2.05, 4.69) is 6.92 Å². The molecule has 0 atom stereocenters. The van der Waals surface area contributed by atoms with Crippen molar-refractivity contribution in [3.63, 3.8) is 0 Å². The first kappa shape index (κ1) is 21.5. The van der Waals surface area contributed by atoms with Crippen molar-refractivity contribution in [3.8, 4) is 0 Å². The number of unbranched alkanes of at least 4 members (excludes halogenated alkanes) is 9. The van der Waals surface area contributed by atoms with E-state index < -0.39 is 5.97 Å². The molecule has 0 spiro atoms. The van der Waals surface area contributed by atoms with Crippen molar-refractivity contribution < 1.29 is 9.90 Å². The zero-order valence-electron chi connectivity index (χ0n) is 15.9. The van der Waals surface area contributed by atoms with E-state index in [1.807, 2.05) is 6.07 Å². The van der Waals surface area contributed by atoms with Gasteiger partial charge in [0.05, 0.1) is 5.56 Å². The predicted molar refractivity (Wildman–Crippen MR) is 106 cm³/mol. The first-order valence-corrected chi connectivity index (χ1v) is 9.95. The van der Waals surface area contributed by atoms with Crippen LogP contribution in [0.25, 0.3) is 0 Å². The highest BCUT2D eigenvalue weighted by Gasteiger charge is 2.14. The summed E-state index contributed by atoms with van der Waals surface area (Å²) in [7, 11) is 0. The number of anilines is 1. The molecule has 1 rings (SSSR count). The lowest BCUT2D eigenvalue weighted by Gasteiger charge is -2.14. The molecule has 0 aromatic heterocycles. The van der Waals surface area contributed by atoms with Crippen LogP contribution < -0.4 is 11.5 Å². The molecule has 142 valence electrons. The summed E-state index contributed by atoms with van der Waals surface area (Å²) in [6.45, 7) is 2.74. The van der Waals surface area contributed by atoms with E-state index in [4.69, 9.17) is 11.5 Å². The highest BCUT2D eigenvalue weighted by molar-refractivity contribution is 5.94. The van der Waals surface area contributed by atoms with Crippen molar-refractivity contribution in [3.05, 3.63) is 28.8 Å². The van der Waals surface area contributed by atoms with Gasteiger partial charge in [-0.3, -0.25) is 0 Å². The molecule has 0 aliphatic carbocycles. The van der Waals surface area contributed by atoms with Crippen LogP contribution in [-0.4, -0.2) is 17.6 Å². The number of aryl methyl sites for hydroxylation is 1. The van der Waals surface area contributed by atoms with Crippen LogP contribution in [-0.2, 0) is 12.8 Å².